The van der Waals surface area contributed by atoms with Crippen molar-refractivity contribution in [1.29, 1.82) is 0 Å². The Morgan fingerprint density at radius 3 is 2.75 bits per heavy atom. The Hall–Kier alpha value is -1.71. The topological polar surface area (TPSA) is 38.9 Å². The highest BCUT2D eigenvalue weighted by atomic mass is 19.1. The summed E-state index contributed by atoms with van der Waals surface area (Å²) in [7, 11) is 0. The highest BCUT2D eigenvalue weighted by molar-refractivity contribution is 5.49. The van der Waals surface area contributed by atoms with Gasteiger partial charge in [-0.1, -0.05) is 0 Å². The van der Waals surface area contributed by atoms with Gasteiger partial charge in [-0.25, -0.2) is 9.97 Å². The number of furan rings is 1. The van der Waals surface area contributed by atoms with Gasteiger partial charge < -0.3 is 4.42 Å². The van der Waals surface area contributed by atoms with Crippen molar-refractivity contribution in [2.75, 3.05) is 0 Å². The Morgan fingerprint density at radius 2 is 2.17 bits per heavy atom. The Morgan fingerprint density at radius 1 is 1.25 bits per heavy atom. The van der Waals surface area contributed by atoms with Crippen molar-refractivity contribution in [2.24, 2.45) is 0 Å². The van der Waals surface area contributed by atoms with Crippen LogP contribution in [0.1, 0.15) is 0 Å². The van der Waals surface area contributed by atoms with Crippen molar-refractivity contribution in [3.63, 3.8) is 0 Å². The Balaban J connectivity index is 2.43. The summed E-state index contributed by atoms with van der Waals surface area (Å²) in [4.78, 5) is 7.24. The number of hydrogen-bond acceptors (Lipinski definition) is 3. The molecule has 0 bridgehead atoms. The van der Waals surface area contributed by atoms with Crippen LogP contribution in [0.25, 0.3) is 11.5 Å². The normalized spacial score (nSPS) is 10.1. The van der Waals surface area contributed by atoms with Gasteiger partial charge in [-0.2, -0.15) is 4.39 Å². The fraction of sp³-hybridized carbons (Fsp3) is 0. The molecule has 0 amide bonds. The van der Waals surface area contributed by atoms with Crippen LogP contribution < -0.4 is 0 Å². The molecule has 0 fully saturated rings. The van der Waals surface area contributed by atoms with Crippen molar-refractivity contribution < 1.29 is 8.81 Å². The molecular formula is C8H5FN2O. The number of aromatic nitrogens is 2. The van der Waals surface area contributed by atoms with Crippen LogP contribution in [0.15, 0.2) is 35.2 Å². The van der Waals surface area contributed by atoms with E-state index in [-0.39, 0.29) is 0 Å². The number of rotatable bonds is 1. The number of hydrogen-bond donors (Lipinski definition) is 0. The highest BCUT2D eigenvalue weighted by Gasteiger charge is 2.01. The molecule has 4 heteroatoms. The van der Waals surface area contributed by atoms with Crippen LogP contribution in [-0.4, -0.2) is 9.97 Å². The first-order chi connectivity index (χ1) is 5.86. The molecule has 0 saturated carbocycles. The van der Waals surface area contributed by atoms with Crippen LogP contribution in [-0.2, 0) is 0 Å². The van der Waals surface area contributed by atoms with Gasteiger partial charge >= 0.3 is 0 Å². The maximum absolute atomic E-state index is 12.3. The second kappa shape index (κ2) is 2.73. The predicted molar refractivity (Wildman–Crippen MR) is 39.7 cm³/mol. The largest absolute Gasteiger partial charge is 0.463 e. The number of halogens is 1. The molecule has 0 aromatic carbocycles. The third kappa shape index (κ3) is 1.18. The summed E-state index contributed by atoms with van der Waals surface area (Å²) in [5, 5.41) is 0. The van der Waals surface area contributed by atoms with Crippen molar-refractivity contribution >= 4 is 0 Å². The molecule has 0 atom stereocenters. The molecule has 2 heterocycles. The van der Waals surface area contributed by atoms with Gasteiger partial charge in [0.25, 0.3) is 0 Å². The Labute approximate surface area is 67.9 Å². The molecule has 60 valence electrons. The fourth-order valence-electron chi connectivity index (χ4n) is 0.864. The van der Waals surface area contributed by atoms with E-state index >= 15 is 0 Å². The van der Waals surface area contributed by atoms with Crippen LogP contribution in [0.4, 0.5) is 4.39 Å². The summed E-state index contributed by atoms with van der Waals surface area (Å²) in [5.74, 6) is -0.00666. The van der Waals surface area contributed by atoms with E-state index in [1.807, 2.05) is 0 Å². The zero-order valence-electron chi connectivity index (χ0n) is 6.07. The van der Waals surface area contributed by atoms with Crippen LogP contribution in [0.5, 0.6) is 0 Å². The third-order valence-electron chi connectivity index (χ3n) is 1.39. The molecular weight excluding hydrogens is 159 g/mol. The molecule has 0 spiro atoms. The summed E-state index contributed by atoms with van der Waals surface area (Å²) in [6.45, 7) is 0. The molecule has 0 radical (unpaired) electrons. The van der Waals surface area contributed by atoms with Crippen LogP contribution in [0.2, 0.25) is 0 Å². The van der Waals surface area contributed by atoms with Gasteiger partial charge in [0.1, 0.15) is 5.69 Å². The van der Waals surface area contributed by atoms with E-state index in [0.717, 1.165) is 6.20 Å². The van der Waals surface area contributed by atoms with Gasteiger partial charge in [-0.15, -0.1) is 0 Å². The smallest absolute Gasteiger partial charge is 0.231 e. The Bertz CT molecular complexity index is 355. The summed E-state index contributed by atoms with van der Waals surface area (Å²) in [6.07, 6.45) is 3.91. The lowest BCUT2D eigenvalue weighted by molar-refractivity contribution is 0.566. The molecule has 0 saturated heterocycles. The summed E-state index contributed by atoms with van der Waals surface area (Å²) < 4.78 is 17.4. The summed E-state index contributed by atoms with van der Waals surface area (Å²) >= 11 is 0. The van der Waals surface area contributed by atoms with Crippen LogP contribution in [0, 0.1) is 5.95 Å². The minimum Gasteiger partial charge on any atom is -0.463 e. The maximum atomic E-state index is 12.3. The average molecular weight is 164 g/mol. The predicted octanol–water partition coefficient (Wildman–Crippen LogP) is 1.88. The molecule has 0 aliphatic heterocycles. The number of nitrogens with zero attached hydrogens (tertiary/aromatic N) is 2. The second-order valence-corrected chi connectivity index (χ2v) is 2.20. The standard InChI is InChI=1S/C8H5FN2O/c9-8-5-10-6(4-11-8)7-2-1-3-12-7/h1-5H. The highest BCUT2D eigenvalue weighted by Crippen LogP contribution is 2.14. The molecule has 2 aromatic heterocycles. The van der Waals surface area contributed by atoms with Crippen LogP contribution in [0.3, 0.4) is 0 Å². The van der Waals surface area contributed by atoms with E-state index in [9.17, 15) is 4.39 Å². The summed E-state index contributed by atoms with van der Waals surface area (Å²) in [5.41, 5.74) is 0.529. The van der Waals surface area contributed by atoms with Gasteiger partial charge in [0.15, 0.2) is 5.76 Å². The molecule has 12 heavy (non-hydrogen) atoms. The van der Waals surface area contributed by atoms with E-state index in [4.69, 9.17) is 4.42 Å². The lowest BCUT2D eigenvalue weighted by atomic mass is 10.3. The SMILES string of the molecule is Fc1cnc(-c2ccco2)cn1. The average Bonchev–Trinajstić information content (AvgIpc) is 2.58. The molecule has 0 aliphatic rings. The van der Waals surface area contributed by atoms with Gasteiger partial charge in [-0.3, -0.25) is 0 Å². The van der Waals surface area contributed by atoms with Gasteiger partial charge in [0.2, 0.25) is 5.95 Å². The monoisotopic (exact) mass is 164 g/mol. The van der Waals surface area contributed by atoms with E-state index < -0.39 is 5.95 Å². The lowest BCUT2D eigenvalue weighted by Crippen LogP contribution is -1.86. The van der Waals surface area contributed by atoms with E-state index in [1.165, 1.54) is 12.5 Å². The van der Waals surface area contributed by atoms with E-state index in [1.54, 1.807) is 12.1 Å². The van der Waals surface area contributed by atoms with Crippen molar-refractivity contribution in [3.8, 4) is 11.5 Å². The van der Waals surface area contributed by atoms with Gasteiger partial charge in [-0.05, 0) is 12.1 Å². The fourth-order valence-corrected chi connectivity index (χ4v) is 0.864. The van der Waals surface area contributed by atoms with Gasteiger partial charge in [0, 0.05) is 0 Å². The zero-order chi connectivity index (χ0) is 8.39. The van der Waals surface area contributed by atoms with Crippen LogP contribution >= 0.6 is 0 Å². The molecule has 3 nitrogen and oxygen atoms in total. The lowest BCUT2D eigenvalue weighted by Gasteiger charge is -1.92. The quantitative estimate of drug-likeness (QED) is 0.645. The second-order valence-electron chi connectivity index (χ2n) is 2.20. The van der Waals surface area contributed by atoms with Gasteiger partial charge in [0.05, 0.1) is 18.7 Å². The summed E-state index contributed by atoms with van der Waals surface area (Å²) in [6, 6.07) is 3.47. The molecule has 0 unspecified atom stereocenters. The zero-order valence-corrected chi connectivity index (χ0v) is 6.07. The third-order valence-corrected chi connectivity index (χ3v) is 1.39. The van der Waals surface area contributed by atoms with E-state index in [0.29, 0.717) is 11.5 Å². The molecule has 0 aliphatic carbocycles. The Kier molecular flexibility index (Phi) is 1.59. The van der Waals surface area contributed by atoms with Crippen molar-refractivity contribution in [2.45, 2.75) is 0 Å². The first-order valence-corrected chi connectivity index (χ1v) is 3.38. The minimum absolute atomic E-state index is 0.529. The first-order valence-electron chi connectivity index (χ1n) is 3.38. The first kappa shape index (κ1) is 6.97. The minimum atomic E-state index is -0.592. The van der Waals surface area contributed by atoms with Crippen molar-refractivity contribution in [1.82, 2.24) is 9.97 Å². The molecule has 2 aromatic rings. The molecule has 0 N–H and O–H groups in total. The maximum Gasteiger partial charge on any atom is 0.231 e. The van der Waals surface area contributed by atoms with Crippen molar-refractivity contribution in [3.05, 3.63) is 36.7 Å². The van der Waals surface area contributed by atoms with E-state index in [2.05, 4.69) is 9.97 Å². The molecule has 2 rings (SSSR count).